The molecule has 0 bridgehead atoms. The Morgan fingerprint density at radius 3 is 2.44 bits per heavy atom. The molecule has 0 fully saturated rings. The molecule has 0 radical (unpaired) electrons. The zero-order valence-electron chi connectivity index (χ0n) is 12.8. The summed E-state index contributed by atoms with van der Waals surface area (Å²) in [5, 5.41) is 6.60. The Morgan fingerprint density at radius 1 is 1.33 bits per heavy atom. The summed E-state index contributed by atoms with van der Waals surface area (Å²) in [6.45, 7) is 12.4. The molecule has 0 aliphatic carbocycles. The van der Waals surface area contributed by atoms with Gasteiger partial charge in [0.1, 0.15) is 0 Å². The predicted octanol–water partition coefficient (Wildman–Crippen LogP) is 0.917. The average Bonchev–Trinajstić information content (AvgIpc) is 2.32. The standard InChI is InChI=1S/C13H30N4O/c1-7-17(11(2)3)9-8-15-13(14-5)16-12(4)10-18-6/h11-12H,7-10H2,1-6H3,(H2,14,15,16). The molecule has 0 rings (SSSR count). The van der Waals surface area contributed by atoms with Crippen LogP contribution in [0.1, 0.15) is 27.7 Å². The fraction of sp³-hybridized carbons (Fsp3) is 0.923. The zero-order chi connectivity index (χ0) is 14.0. The van der Waals surface area contributed by atoms with E-state index < -0.39 is 0 Å². The van der Waals surface area contributed by atoms with Crippen LogP contribution >= 0.6 is 0 Å². The summed E-state index contributed by atoms with van der Waals surface area (Å²) in [4.78, 5) is 6.61. The summed E-state index contributed by atoms with van der Waals surface area (Å²) in [5.74, 6) is 0.833. The molecule has 108 valence electrons. The average molecular weight is 258 g/mol. The highest BCUT2D eigenvalue weighted by atomic mass is 16.5. The third kappa shape index (κ3) is 7.50. The van der Waals surface area contributed by atoms with Crippen molar-refractivity contribution in [3.63, 3.8) is 0 Å². The van der Waals surface area contributed by atoms with Gasteiger partial charge < -0.3 is 15.4 Å². The summed E-state index contributed by atoms with van der Waals surface area (Å²) < 4.78 is 5.09. The molecule has 18 heavy (non-hydrogen) atoms. The number of guanidine groups is 1. The molecule has 0 aliphatic rings. The Hall–Kier alpha value is -0.810. The van der Waals surface area contributed by atoms with Gasteiger partial charge in [-0.2, -0.15) is 0 Å². The highest BCUT2D eigenvalue weighted by Crippen LogP contribution is 1.95. The van der Waals surface area contributed by atoms with Crippen molar-refractivity contribution in [3.05, 3.63) is 0 Å². The second-order valence-electron chi connectivity index (χ2n) is 4.72. The third-order valence-corrected chi connectivity index (χ3v) is 2.85. The molecule has 0 saturated heterocycles. The molecule has 0 heterocycles. The van der Waals surface area contributed by atoms with Crippen LogP contribution in [0.25, 0.3) is 0 Å². The van der Waals surface area contributed by atoms with Gasteiger partial charge in [-0.05, 0) is 27.3 Å². The molecule has 0 aromatic carbocycles. The van der Waals surface area contributed by atoms with Gasteiger partial charge >= 0.3 is 0 Å². The molecule has 0 saturated carbocycles. The number of methoxy groups -OCH3 is 1. The van der Waals surface area contributed by atoms with E-state index in [1.54, 1.807) is 14.2 Å². The van der Waals surface area contributed by atoms with E-state index in [4.69, 9.17) is 4.74 Å². The molecule has 0 aromatic heterocycles. The van der Waals surface area contributed by atoms with Crippen LogP contribution in [-0.2, 0) is 4.74 Å². The molecule has 0 aliphatic heterocycles. The molecule has 0 spiro atoms. The maximum Gasteiger partial charge on any atom is 0.191 e. The Labute approximate surface area is 112 Å². The second-order valence-corrected chi connectivity index (χ2v) is 4.72. The first-order chi connectivity index (χ1) is 8.54. The van der Waals surface area contributed by atoms with Crippen LogP contribution in [0.3, 0.4) is 0 Å². The predicted molar refractivity (Wildman–Crippen MR) is 78.2 cm³/mol. The quantitative estimate of drug-likeness (QED) is 0.502. The number of rotatable bonds is 8. The van der Waals surface area contributed by atoms with Crippen molar-refractivity contribution in [2.24, 2.45) is 4.99 Å². The highest BCUT2D eigenvalue weighted by Gasteiger charge is 2.07. The summed E-state index contributed by atoms with van der Waals surface area (Å²) in [6.07, 6.45) is 0. The number of nitrogens with one attached hydrogen (secondary N) is 2. The van der Waals surface area contributed by atoms with Gasteiger partial charge in [0, 0.05) is 39.3 Å². The molecule has 1 atom stereocenters. The van der Waals surface area contributed by atoms with E-state index in [1.165, 1.54) is 0 Å². The molecule has 1 unspecified atom stereocenters. The number of nitrogens with zero attached hydrogens (tertiary/aromatic N) is 2. The third-order valence-electron chi connectivity index (χ3n) is 2.85. The van der Waals surface area contributed by atoms with E-state index in [0.717, 1.165) is 25.6 Å². The smallest absolute Gasteiger partial charge is 0.191 e. The van der Waals surface area contributed by atoms with Crippen LogP contribution in [0, 0.1) is 0 Å². The van der Waals surface area contributed by atoms with E-state index >= 15 is 0 Å². The van der Waals surface area contributed by atoms with Crippen LogP contribution in [0.2, 0.25) is 0 Å². The van der Waals surface area contributed by atoms with Gasteiger partial charge in [-0.25, -0.2) is 0 Å². The Morgan fingerprint density at radius 2 is 2.00 bits per heavy atom. The minimum atomic E-state index is 0.258. The lowest BCUT2D eigenvalue weighted by Gasteiger charge is -2.25. The van der Waals surface area contributed by atoms with Gasteiger partial charge in [-0.1, -0.05) is 6.92 Å². The lowest BCUT2D eigenvalue weighted by molar-refractivity contribution is 0.179. The van der Waals surface area contributed by atoms with Crippen molar-refractivity contribution in [2.45, 2.75) is 39.8 Å². The molecule has 5 heteroatoms. The minimum Gasteiger partial charge on any atom is -0.383 e. The van der Waals surface area contributed by atoms with Crippen molar-refractivity contribution in [3.8, 4) is 0 Å². The normalized spacial score (nSPS) is 14.1. The van der Waals surface area contributed by atoms with Crippen molar-refractivity contribution in [1.82, 2.24) is 15.5 Å². The Bertz CT molecular complexity index is 231. The molecular weight excluding hydrogens is 228 g/mol. The fourth-order valence-electron chi connectivity index (χ4n) is 1.82. The van der Waals surface area contributed by atoms with Gasteiger partial charge in [0.15, 0.2) is 5.96 Å². The second kappa shape index (κ2) is 10.1. The number of likely N-dealkylation sites (N-methyl/N-ethyl adjacent to an activating group) is 1. The maximum absolute atomic E-state index is 5.09. The molecule has 2 N–H and O–H groups in total. The highest BCUT2D eigenvalue weighted by molar-refractivity contribution is 5.79. The molecular formula is C13H30N4O. The van der Waals surface area contributed by atoms with E-state index in [0.29, 0.717) is 12.6 Å². The zero-order valence-corrected chi connectivity index (χ0v) is 12.8. The lowest BCUT2D eigenvalue weighted by Crippen LogP contribution is -2.46. The van der Waals surface area contributed by atoms with Gasteiger partial charge in [0.05, 0.1) is 6.61 Å². The largest absolute Gasteiger partial charge is 0.383 e. The number of hydrogen-bond acceptors (Lipinski definition) is 3. The summed E-state index contributed by atoms with van der Waals surface area (Å²) >= 11 is 0. The Balaban J connectivity index is 3.94. The fourth-order valence-corrected chi connectivity index (χ4v) is 1.82. The number of hydrogen-bond donors (Lipinski definition) is 2. The monoisotopic (exact) mass is 258 g/mol. The van der Waals surface area contributed by atoms with Crippen molar-refractivity contribution < 1.29 is 4.74 Å². The molecule has 5 nitrogen and oxygen atoms in total. The van der Waals surface area contributed by atoms with Crippen molar-refractivity contribution in [1.29, 1.82) is 0 Å². The van der Waals surface area contributed by atoms with Crippen molar-refractivity contribution in [2.75, 3.05) is 40.4 Å². The van der Waals surface area contributed by atoms with Gasteiger partial charge in [-0.3, -0.25) is 9.89 Å². The minimum absolute atomic E-state index is 0.258. The van der Waals surface area contributed by atoms with Crippen LogP contribution < -0.4 is 10.6 Å². The first kappa shape index (κ1) is 17.2. The van der Waals surface area contributed by atoms with E-state index in [9.17, 15) is 0 Å². The van der Waals surface area contributed by atoms with Crippen LogP contribution in [0.5, 0.6) is 0 Å². The number of ether oxygens (including phenoxy) is 1. The Kier molecular flexibility index (Phi) is 9.69. The van der Waals surface area contributed by atoms with Crippen LogP contribution in [0.4, 0.5) is 0 Å². The SMILES string of the molecule is CCN(CCNC(=NC)NC(C)COC)C(C)C. The first-order valence-corrected chi connectivity index (χ1v) is 6.75. The lowest BCUT2D eigenvalue weighted by atomic mass is 10.3. The maximum atomic E-state index is 5.09. The van der Waals surface area contributed by atoms with Gasteiger partial charge in [-0.15, -0.1) is 0 Å². The summed E-state index contributed by atoms with van der Waals surface area (Å²) in [7, 11) is 3.49. The van der Waals surface area contributed by atoms with E-state index in [2.05, 4.69) is 48.2 Å². The van der Waals surface area contributed by atoms with Gasteiger partial charge in [0.2, 0.25) is 0 Å². The molecule has 0 amide bonds. The topological polar surface area (TPSA) is 48.9 Å². The van der Waals surface area contributed by atoms with Crippen molar-refractivity contribution >= 4 is 5.96 Å². The number of aliphatic imine (C=N–C) groups is 1. The van der Waals surface area contributed by atoms with Crippen LogP contribution in [-0.4, -0.2) is 63.3 Å². The summed E-state index contributed by atoms with van der Waals surface area (Å²) in [5.41, 5.74) is 0. The van der Waals surface area contributed by atoms with Crippen LogP contribution in [0.15, 0.2) is 4.99 Å². The van der Waals surface area contributed by atoms with E-state index in [1.807, 2.05) is 0 Å². The molecule has 0 aromatic rings. The van der Waals surface area contributed by atoms with E-state index in [-0.39, 0.29) is 6.04 Å². The first-order valence-electron chi connectivity index (χ1n) is 6.75. The van der Waals surface area contributed by atoms with Gasteiger partial charge in [0.25, 0.3) is 0 Å². The summed E-state index contributed by atoms with van der Waals surface area (Å²) in [6, 6.07) is 0.841.